The van der Waals surface area contributed by atoms with Gasteiger partial charge < -0.3 is 13.9 Å². The zero-order chi connectivity index (χ0) is 28.5. The summed E-state index contributed by atoms with van der Waals surface area (Å²) in [6.07, 6.45) is -2.84. The third-order valence-electron chi connectivity index (χ3n) is 5.42. The number of fused-ring (bicyclic) bond motifs is 1. The summed E-state index contributed by atoms with van der Waals surface area (Å²) in [5.74, 6) is -3.88. The van der Waals surface area contributed by atoms with E-state index in [-0.39, 0.29) is 22.6 Å². The van der Waals surface area contributed by atoms with Crippen LogP contribution >= 0.6 is 11.6 Å². The second kappa shape index (κ2) is 10.6. The molecule has 39 heavy (non-hydrogen) atoms. The van der Waals surface area contributed by atoms with Gasteiger partial charge in [-0.1, -0.05) is 23.7 Å². The number of alkyl halides is 3. The highest BCUT2D eigenvalue weighted by Crippen LogP contribution is 2.39. The summed E-state index contributed by atoms with van der Waals surface area (Å²) in [7, 11) is 0. The van der Waals surface area contributed by atoms with Crippen LogP contribution in [0.4, 0.5) is 18.9 Å². The highest BCUT2D eigenvalue weighted by atomic mass is 35.5. The molecule has 1 aromatic heterocycles. The number of rotatable bonds is 6. The molecule has 0 unspecified atom stereocenters. The van der Waals surface area contributed by atoms with Gasteiger partial charge in [0.1, 0.15) is 17.1 Å². The summed E-state index contributed by atoms with van der Waals surface area (Å²) in [5, 5.41) is 11.0. The van der Waals surface area contributed by atoms with Crippen LogP contribution in [0.15, 0.2) is 69.9 Å². The Morgan fingerprint density at radius 2 is 1.74 bits per heavy atom. The van der Waals surface area contributed by atoms with Crippen LogP contribution in [-0.2, 0) is 11.0 Å². The first kappa shape index (κ1) is 27.4. The molecule has 0 saturated carbocycles. The van der Waals surface area contributed by atoms with Gasteiger partial charge in [0.15, 0.2) is 0 Å². The summed E-state index contributed by atoms with van der Waals surface area (Å²) in [4.78, 5) is 35.5. The molecule has 1 heterocycles. The molecule has 3 aromatic carbocycles. The number of benzene rings is 3. The Bertz CT molecular complexity index is 1690. The zero-order valence-electron chi connectivity index (χ0n) is 20.2. The first-order chi connectivity index (χ1) is 18.3. The van der Waals surface area contributed by atoms with Gasteiger partial charge in [0.2, 0.25) is 11.2 Å². The molecule has 0 fully saturated rings. The van der Waals surface area contributed by atoms with Crippen LogP contribution in [0.3, 0.4) is 0 Å². The fourth-order valence-electron chi connectivity index (χ4n) is 3.64. The van der Waals surface area contributed by atoms with Crippen LogP contribution in [0.2, 0.25) is 5.02 Å². The van der Waals surface area contributed by atoms with Gasteiger partial charge in [0.05, 0.1) is 10.3 Å². The third kappa shape index (κ3) is 6.10. The SMILES string of the molecule is Cc1cc(Oc2c(C(F)(F)F)oc3cc(OC(=O)C=Cc4cccc([N+](=O)[O-])c4)ccc3c2=O)cc(C)c1Cl. The third-order valence-corrected chi connectivity index (χ3v) is 6.02. The second-order valence-electron chi connectivity index (χ2n) is 8.32. The van der Waals surface area contributed by atoms with E-state index in [9.17, 15) is 32.9 Å². The van der Waals surface area contributed by atoms with Gasteiger partial charge >= 0.3 is 12.1 Å². The van der Waals surface area contributed by atoms with Crippen LogP contribution < -0.4 is 14.9 Å². The lowest BCUT2D eigenvalue weighted by atomic mass is 10.1. The molecule has 0 aliphatic rings. The Hall–Kier alpha value is -4.64. The molecule has 0 N–H and O–H groups in total. The molecule has 0 bridgehead atoms. The first-order valence-electron chi connectivity index (χ1n) is 11.1. The van der Waals surface area contributed by atoms with Crippen LogP contribution in [-0.4, -0.2) is 10.9 Å². The Kier molecular flexibility index (Phi) is 7.46. The zero-order valence-corrected chi connectivity index (χ0v) is 20.9. The number of halogens is 4. The fraction of sp³-hybridized carbons (Fsp3) is 0.111. The molecular weight excluding hydrogens is 543 g/mol. The molecule has 0 amide bonds. The van der Waals surface area contributed by atoms with Crippen LogP contribution in [0.1, 0.15) is 22.5 Å². The van der Waals surface area contributed by atoms with Crippen molar-refractivity contribution in [3.05, 3.63) is 108 Å². The first-order valence-corrected chi connectivity index (χ1v) is 11.5. The Morgan fingerprint density at radius 3 is 2.38 bits per heavy atom. The van der Waals surface area contributed by atoms with Crippen molar-refractivity contribution in [3.63, 3.8) is 0 Å². The van der Waals surface area contributed by atoms with Crippen molar-refractivity contribution in [1.29, 1.82) is 0 Å². The summed E-state index contributed by atoms with van der Waals surface area (Å²) in [6.45, 7) is 3.27. The van der Waals surface area contributed by atoms with E-state index in [1.807, 2.05) is 0 Å². The molecule has 0 radical (unpaired) electrons. The lowest BCUT2D eigenvalue weighted by Gasteiger charge is -2.14. The monoisotopic (exact) mass is 559 g/mol. The highest BCUT2D eigenvalue weighted by Gasteiger charge is 2.40. The molecule has 0 aliphatic heterocycles. The number of carbonyl (C=O) groups is 1. The maximum Gasteiger partial charge on any atom is 0.453 e. The molecule has 12 heteroatoms. The topological polar surface area (TPSA) is 109 Å². The van der Waals surface area contributed by atoms with Crippen LogP contribution in [0.5, 0.6) is 17.2 Å². The number of nitro groups is 1. The van der Waals surface area contributed by atoms with Crippen molar-refractivity contribution >= 4 is 40.3 Å². The number of hydrogen-bond donors (Lipinski definition) is 0. The van der Waals surface area contributed by atoms with Crippen molar-refractivity contribution in [2.24, 2.45) is 0 Å². The maximum absolute atomic E-state index is 13.9. The van der Waals surface area contributed by atoms with E-state index in [0.717, 1.165) is 18.2 Å². The molecule has 0 saturated heterocycles. The van der Waals surface area contributed by atoms with Crippen LogP contribution in [0.25, 0.3) is 17.0 Å². The smallest absolute Gasteiger partial charge is 0.449 e. The Balaban J connectivity index is 1.66. The number of nitro benzene ring substituents is 1. The molecule has 0 atom stereocenters. The van der Waals surface area contributed by atoms with E-state index in [0.29, 0.717) is 21.7 Å². The van der Waals surface area contributed by atoms with E-state index in [1.54, 1.807) is 13.8 Å². The molecule has 200 valence electrons. The highest BCUT2D eigenvalue weighted by molar-refractivity contribution is 6.32. The summed E-state index contributed by atoms with van der Waals surface area (Å²) >= 11 is 6.10. The average molecular weight is 560 g/mol. The number of esters is 1. The number of nitrogens with zero attached hydrogens (tertiary/aromatic N) is 1. The minimum atomic E-state index is -5.09. The normalized spacial score (nSPS) is 11.6. The number of ether oxygens (including phenoxy) is 2. The number of hydrogen-bond acceptors (Lipinski definition) is 7. The molecule has 0 spiro atoms. The number of non-ortho nitro benzene ring substituents is 1. The molecule has 4 rings (SSSR count). The van der Waals surface area contributed by atoms with Gasteiger partial charge in [0.25, 0.3) is 11.4 Å². The van der Waals surface area contributed by atoms with Gasteiger partial charge in [-0.2, -0.15) is 13.2 Å². The van der Waals surface area contributed by atoms with Crippen molar-refractivity contribution in [1.82, 2.24) is 0 Å². The number of aryl methyl sites for hydroxylation is 2. The lowest BCUT2D eigenvalue weighted by molar-refractivity contribution is -0.384. The van der Waals surface area contributed by atoms with Crippen molar-refractivity contribution in [3.8, 4) is 17.2 Å². The number of carbonyl (C=O) groups excluding carboxylic acids is 1. The van der Waals surface area contributed by atoms with E-state index in [1.165, 1.54) is 48.5 Å². The lowest BCUT2D eigenvalue weighted by Crippen LogP contribution is -2.15. The summed E-state index contributed by atoms with van der Waals surface area (Å²) in [6, 6.07) is 11.6. The van der Waals surface area contributed by atoms with E-state index in [4.69, 9.17) is 25.5 Å². The maximum atomic E-state index is 13.9. The second-order valence-corrected chi connectivity index (χ2v) is 8.70. The molecular formula is C27H17ClF3NO7. The van der Waals surface area contributed by atoms with E-state index >= 15 is 0 Å². The van der Waals surface area contributed by atoms with Gasteiger partial charge in [-0.3, -0.25) is 14.9 Å². The Morgan fingerprint density at radius 1 is 1.05 bits per heavy atom. The predicted octanol–water partition coefficient (Wildman–Crippen LogP) is 7.40. The standard InChI is InChI=1S/C27H17ClF3NO7/c1-14-10-19(11-15(2)23(14)28)38-25-24(34)20-8-7-18(13-21(20)39-26(25)27(29,30)31)37-22(33)9-6-16-4-3-5-17(12-16)32(35)36/h3-13H,1-2H3. The molecule has 8 nitrogen and oxygen atoms in total. The fourth-order valence-corrected chi connectivity index (χ4v) is 3.75. The van der Waals surface area contributed by atoms with Crippen molar-refractivity contribution in [2.75, 3.05) is 0 Å². The summed E-state index contributed by atoms with van der Waals surface area (Å²) < 4.78 is 57.1. The van der Waals surface area contributed by atoms with Crippen molar-refractivity contribution in [2.45, 2.75) is 20.0 Å². The van der Waals surface area contributed by atoms with E-state index < -0.39 is 39.6 Å². The molecule has 4 aromatic rings. The van der Waals surface area contributed by atoms with Gasteiger partial charge in [-0.15, -0.1) is 0 Å². The predicted molar refractivity (Wildman–Crippen MR) is 136 cm³/mol. The van der Waals surface area contributed by atoms with Gasteiger partial charge in [-0.25, -0.2) is 4.79 Å². The Labute approximate surface area is 223 Å². The van der Waals surface area contributed by atoms with Gasteiger partial charge in [0, 0.05) is 29.3 Å². The van der Waals surface area contributed by atoms with E-state index in [2.05, 4.69) is 0 Å². The van der Waals surface area contributed by atoms with Crippen LogP contribution in [0, 0.1) is 24.0 Å². The minimum Gasteiger partial charge on any atom is -0.449 e. The average Bonchev–Trinajstić information content (AvgIpc) is 2.87. The molecule has 0 aliphatic carbocycles. The summed E-state index contributed by atoms with van der Waals surface area (Å²) in [5.41, 5.74) is -0.333. The van der Waals surface area contributed by atoms with Gasteiger partial charge in [-0.05, 0) is 60.9 Å². The van der Waals surface area contributed by atoms with Crippen molar-refractivity contribution < 1.29 is 36.8 Å². The largest absolute Gasteiger partial charge is 0.453 e. The quantitative estimate of drug-likeness (QED) is 0.0795. The minimum absolute atomic E-state index is 0.0346.